The van der Waals surface area contributed by atoms with Crippen molar-refractivity contribution in [2.24, 2.45) is 11.8 Å². The van der Waals surface area contributed by atoms with Gasteiger partial charge in [0, 0.05) is 12.3 Å². The number of Topliss-reactive ketones (excluding diaryl/α,β-unsaturated/α-hetero) is 1. The smallest absolute Gasteiger partial charge is 0.331 e. The molecule has 2 N–H and O–H groups in total. The normalized spacial score (nSPS) is 20.5. The molecule has 0 bridgehead atoms. The van der Waals surface area contributed by atoms with Gasteiger partial charge in [-0.1, -0.05) is 33.1 Å². The fraction of sp³-hybridized carbons (Fsp3) is 0.880. The lowest BCUT2D eigenvalue weighted by Gasteiger charge is -2.31. The molecular formula is C25H45NO6. The molecule has 1 unspecified atom stereocenters. The average Bonchev–Trinajstić information content (AvgIpc) is 2.72. The van der Waals surface area contributed by atoms with Crippen molar-refractivity contribution >= 4 is 17.7 Å². The van der Waals surface area contributed by atoms with E-state index in [1.165, 1.54) is 13.8 Å². The third-order valence-electron chi connectivity index (χ3n) is 6.33. The van der Waals surface area contributed by atoms with Crippen molar-refractivity contribution in [2.75, 3.05) is 13.2 Å². The van der Waals surface area contributed by atoms with E-state index in [9.17, 15) is 19.5 Å². The maximum absolute atomic E-state index is 12.4. The Morgan fingerprint density at radius 2 is 1.62 bits per heavy atom. The minimum Gasteiger partial charge on any atom is -0.462 e. The molecule has 0 saturated heterocycles. The number of ketones is 1. The molecule has 0 radical (unpaired) electrons. The molecule has 1 rings (SSSR count). The Hall–Kier alpha value is -1.47. The summed E-state index contributed by atoms with van der Waals surface area (Å²) in [5.41, 5.74) is -2.37. The van der Waals surface area contributed by atoms with Gasteiger partial charge >= 0.3 is 5.97 Å². The van der Waals surface area contributed by atoms with Gasteiger partial charge in [0.1, 0.15) is 17.7 Å². The zero-order valence-electron chi connectivity index (χ0n) is 21.0. The third kappa shape index (κ3) is 9.99. The fourth-order valence-corrected chi connectivity index (χ4v) is 4.28. The van der Waals surface area contributed by atoms with E-state index < -0.39 is 17.1 Å². The molecule has 0 aromatic rings. The zero-order valence-corrected chi connectivity index (χ0v) is 21.0. The van der Waals surface area contributed by atoms with Gasteiger partial charge in [0.05, 0.1) is 12.7 Å². The van der Waals surface area contributed by atoms with Crippen LogP contribution in [0.1, 0.15) is 99.3 Å². The van der Waals surface area contributed by atoms with Crippen LogP contribution in [-0.2, 0) is 23.9 Å². The number of aliphatic hydroxyl groups is 1. The van der Waals surface area contributed by atoms with Crippen LogP contribution >= 0.6 is 0 Å². The van der Waals surface area contributed by atoms with E-state index in [1.807, 2.05) is 0 Å². The van der Waals surface area contributed by atoms with Crippen LogP contribution in [-0.4, -0.2) is 53.2 Å². The van der Waals surface area contributed by atoms with E-state index in [0.29, 0.717) is 25.2 Å². The van der Waals surface area contributed by atoms with Gasteiger partial charge in [0.25, 0.3) is 0 Å². The second kappa shape index (κ2) is 13.3. The van der Waals surface area contributed by atoms with Gasteiger partial charge in [-0.15, -0.1) is 0 Å². The van der Waals surface area contributed by atoms with Gasteiger partial charge in [0.2, 0.25) is 5.91 Å². The summed E-state index contributed by atoms with van der Waals surface area (Å²) in [5, 5.41) is 12.7. The van der Waals surface area contributed by atoms with Gasteiger partial charge in [-0.3, -0.25) is 9.59 Å². The first kappa shape index (κ1) is 28.6. The maximum Gasteiger partial charge on any atom is 0.331 e. The molecule has 1 amide bonds. The van der Waals surface area contributed by atoms with Gasteiger partial charge in [-0.25, -0.2) is 4.79 Å². The molecule has 186 valence electrons. The van der Waals surface area contributed by atoms with Gasteiger partial charge in [-0.2, -0.15) is 0 Å². The summed E-state index contributed by atoms with van der Waals surface area (Å²) in [7, 11) is 0. The highest BCUT2D eigenvalue weighted by Gasteiger charge is 2.35. The lowest BCUT2D eigenvalue weighted by Crippen LogP contribution is -2.50. The van der Waals surface area contributed by atoms with Gasteiger partial charge in [0.15, 0.2) is 5.78 Å². The predicted octanol–water partition coefficient (Wildman–Crippen LogP) is 3.95. The minimum atomic E-state index is -1.29. The number of amides is 1. The standard InChI is InChI=1S/C25H45NO6/c1-7-9-18(8-2)10-15-21(27)26-24(3,4)23(29)32-17-16-31-20-13-11-19(12-14-20)22(28)25(5,6)30/h18-20,30H,7-17H2,1-6H3,(H,26,27). The van der Waals surface area contributed by atoms with E-state index in [-0.39, 0.29) is 36.9 Å². The summed E-state index contributed by atoms with van der Waals surface area (Å²) in [6, 6.07) is 0. The monoisotopic (exact) mass is 455 g/mol. The van der Waals surface area contributed by atoms with E-state index in [0.717, 1.165) is 38.5 Å². The predicted molar refractivity (Wildman–Crippen MR) is 124 cm³/mol. The second-order valence-corrected chi connectivity index (χ2v) is 10.2. The Morgan fingerprint density at radius 3 is 2.16 bits per heavy atom. The van der Waals surface area contributed by atoms with Gasteiger partial charge in [-0.05, 0) is 65.7 Å². The minimum absolute atomic E-state index is 0.0295. The molecule has 32 heavy (non-hydrogen) atoms. The highest BCUT2D eigenvalue weighted by molar-refractivity contribution is 5.88. The lowest BCUT2D eigenvalue weighted by atomic mass is 9.80. The van der Waals surface area contributed by atoms with Crippen molar-refractivity contribution in [1.82, 2.24) is 5.32 Å². The molecule has 1 fully saturated rings. The lowest BCUT2D eigenvalue weighted by molar-refractivity contribution is -0.154. The van der Waals surface area contributed by atoms with Crippen molar-refractivity contribution in [2.45, 2.75) is 117 Å². The Balaban J connectivity index is 2.28. The molecule has 7 heteroatoms. The van der Waals surface area contributed by atoms with Crippen LogP contribution in [0.5, 0.6) is 0 Å². The van der Waals surface area contributed by atoms with Crippen LogP contribution in [0.4, 0.5) is 0 Å². The molecule has 0 aliphatic heterocycles. The summed E-state index contributed by atoms with van der Waals surface area (Å²) in [5.74, 6) is -0.290. The summed E-state index contributed by atoms with van der Waals surface area (Å²) < 4.78 is 11.1. The molecule has 0 aromatic carbocycles. The summed E-state index contributed by atoms with van der Waals surface area (Å²) in [6.45, 7) is 11.1. The van der Waals surface area contributed by atoms with Crippen LogP contribution in [0, 0.1) is 11.8 Å². The van der Waals surface area contributed by atoms with E-state index in [2.05, 4.69) is 19.2 Å². The quantitative estimate of drug-likeness (QED) is 0.304. The van der Waals surface area contributed by atoms with Crippen molar-refractivity contribution in [3.8, 4) is 0 Å². The topological polar surface area (TPSA) is 102 Å². The first-order valence-electron chi connectivity index (χ1n) is 12.3. The summed E-state index contributed by atoms with van der Waals surface area (Å²) in [4.78, 5) is 36.9. The van der Waals surface area contributed by atoms with Crippen LogP contribution in [0.25, 0.3) is 0 Å². The number of ether oxygens (including phenoxy) is 2. The fourth-order valence-electron chi connectivity index (χ4n) is 4.28. The molecule has 1 atom stereocenters. The van der Waals surface area contributed by atoms with Crippen LogP contribution in [0.15, 0.2) is 0 Å². The second-order valence-electron chi connectivity index (χ2n) is 10.2. The Labute approximate surface area is 194 Å². The van der Waals surface area contributed by atoms with E-state index in [1.54, 1.807) is 13.8 Å². The number of hydrogen-bond donors (Lipinski definition) is 2. The number of nitrogens with one attached hydrogen (secondary N) is 1. The molecule has 0 heterocycles. The number of rotatable bonds is 14. The van der Waals surface area contributed by atoms with E-state index in [4.69, 9.17) is 9.47 Å². The summed E-state index contributed by atoms with van der Waals surface area (Å²) >= 11 is 0. The number of carbonyl (C=O) groups is 3. The maximum atomic E-state index is 12.4. The Bertz CT molecular complexity index is 602. The first-order valence-corrected chi connectivity index (χ1v) is 12.3. The molecular weight excluding hydrogens is 410 g/mol. The number of hydrogen-bond acceptors (Lipinski definition) is 6. The summed E-state index contributed by atoms with van der Waals surface area (Å²) in [6.07, 6.45) is 7.46. The van der Waals surface area contributed by atoms with Crippen LogP contribution in [0.2, 0.25) is 0 Å². The van der Waals surface area contributed by atoms with Crippen molar-refractivity contribution < 1.29 is 29.0 Å². The molecule has 0 aromatic heterocycles. The molecule has 1 aliphatic carbocycles. The van der Waals surface area contributed by atoms with Crippen molar-refractivity contribution in [3.63, 3.8) is 0 Å². The molecule has 1 saturated carbocycles. The first-order chi connectivity index (χ1) is 14.9. The molecule has 7 nitrogen and oxygen atoms in total. The Kier molecular flexibility index (Phi) is 11.9. The average molecular weight is 456 g/mol. The Morgan fingerprint density at radius 1 is 1.00 bits per heavy atom. The SMILES string of the molecule is CCCC(CC)CCC(=O)NC(C)(C)C(=O)OCCOC1CCC(C(=O)C(C)(C)O)CC1. The van der Waals surface area contributed by atoms with E-state index >= 15 is 0 Å². The molecule has 1 aliphatic rings. The molecule has 0 spiro atoms. The number of esters is 1. The van der Waals surface area contributed by atoms with Gasteiger partial charge < -0.3 is 19.9 Å². The number of carbonyl (C=O) groups excluding carboxylic acids is 3. The van der Waals surface area contributed by atoms with Crippen molar-refractivity contribution in [1.29, 1.82) is 0 Å². The largest absolute Gasteiger partial charge is 0.462 e. The third-order valence-corrected chi connectivity index (χ3v) is 6.33. The van der Waals surface area contributed by atoms with Crippen molar-refractivity contribution in [3.05, 3.63) is 0 Å². The van der Waals surface area contributed by atoms with Crippen LogP contribution in [0.3, 0.4) is 0 Å². The highest BCUT2D eigenvalue weighted by atomic mass is 16.6. The zero-order chi connectivity index (χ0) is 24.4. The highest BCUT2D eigenvalue weighted by Crippen LogP contribution is 2.29. The van der Waals surface area contributed by atoms with Crippen LogP contribution < -0.4 is 5.32 Å².